The van der Waals surface area contributed by atoms with Crippen molar-refractivity contribution < 1.29 is 27.4 Å². The third-order valence-electron chi connectivity index (χ3n) is 4.72. The number of rotatable bonds is 8. The van der Waals surface area contributed by atoms with Gasteiger partial charge in [0.05, 0.1) is 21.3 Å². The number of hydrogen-bond acceptors (Lipinski definition) is 6. The Labute approximate surface area is 181 Å². The van der Waals surface area contributed by atoms with Crippen LogP contribution in [0.15, 0.2) is 71.6 Å². The summed E-state index contributed by atoms with van der Waals surface area (Å²) in [5.74, 6) is 0.227. The summed E-state index contributed by atoms with van der Waals surface area (Å²) in [6, 6.07) is 19.0. The topological polar surface area (TPSA) is 90.9 Å². The molecule has 8 heteroatoms. The van der Waals surface area contributed by atoms with Crippen LogP contribution in [0.2, 0.25) is 0 Å². The molecule has 0 saturated heterocycles. The Hall–Kier alpha value is -3.36. The minimum absolute atomic E-state index is 0.0858. The number of sulfonamides is 1. The molecule has 162 valence electrons. The average molecular weight is 442 g/mol. The van der Waals surface area contributed by atoms with E-state index in [9.17, 15) is 13.2 Å². The monoisotopic (exact) mass is 441 g/mol. The largest absolute Gasteiger partial charge is 0.496 e. The number of methoxy groups -OCH3 is 3. The van der Waals surface area contributed by atoms with Crippen LogP contribution in [0.1, 0.15) is 15.9 Å². The van der Waals surface area contributed by atoms with Crippen molar-refractivity contribution in [3.8, 4) is 22.6 Å². The van der Waals surface area contributed by atoms with Crippen LogP contribution in [0, 0.1) is 0 Å². The van der Waals surface area contributed by atoms with Gasteiger partial charge in [-0.15, -0.1) is 0 Å². The van der Waals surface area contributed by atoms with Gasteiger partial charge < -0.3 is 14.2 Å². The number of para-hydroxylation sites is 1. The van der Waals surface area contributed by atoms with E-state index in [2.05, 4.69) is 4.72 Å². The van der Waals surface area contributed by atoms with E-state index >= 15 is 0 Å². The number of carbonyl (C=O) groups excluding carboxylic acids is 1. The van der Waals surface area contributed by atoms with E-state index in [0.717, 1.165) is 16.7 Å². The van der Waals surface area contributed by atoms with Gasteiger partial charge in [-0.05, 0) is 41.0 Å². The number of ether oxygens (including phenoxy) is 3. The van der Waals surface area contributed by atoms with Crippen LogP contribution in [-0.4, -0.2) is 35.7 Å². The molecule has 0 spiro atoms. The third kappa shape index (κ3) is 5.04. The Morgan fingerprint density at radius 2 is 1.48 bits per heavy atom. The summed E-state index contributed by atoms with van der Waals surface area (Å²) in [5.41, 5.74) is 2.78. The predicted octanol–water partition coefficient (Wildman–Crippen LogP) is 3.64. The summed E-state index contributed by atoms with van der Waals surface area (Å²) in [7, 11) is 0.502. The second-order valence-corrected chi connectivity index (χ2v) is 8.31. The summed E-state index contributed by atoms with van der Waals surface area (Å²) >= 11 is 0. The SMILES string of the molecule is COC(=O)c1cc(-c2ccc(CNS(=O)(=O)c3ccccc3OC)cc2)ccc1OC. The Balaban J connectivity index is 1.77. The highest BCUT2D eigenvalue weighted by molar-refractivity contribution is 7.89. The quantitative estimate of drug-likeness (QED) is 0.537. The van der Waals surface area contributed by atoms with Crippen LogP contribution in [-0.2, 0) is 21.3 Å². The Kier molecular flexibility index (Phi) is 6.94. The standard InChI is InChI=1S/C23H23NO6S/c1-28-20-13-12-18(14-19(20)23(25)30-3)17-10-8-16(9-11-17)15-24-31(26,27)22-7-5-4-6-21(22)29-2/h4-14,24H,15H2,1-3H3. The van der Waals surface area contributed by atoms with Gasteiger partial charge >= 0.3 is 5.97 Å². The van der Waals surface area contributed by atoms with Gasteiger partial charge in [-0.25, -0.2) is 17.9 Å². The van der Waals surface area contributed by atoms with Gasteiger partial charge in [0.1, 0.15) is 22.0 Å². The van der Waals surface area contributed by atoms with Crippen molar-refractivity contribution in [2.75, 3.05) is 21.3 Å². The molecule has 0 fully saturated rings. The number of esters is 1. The van der Waals surface area contributed by atoms with Crippen LogP contribution < -0.4 is 14.2 Å². The maximum absolute atomic E-state index is 12.6. The third-order valence-corrected chi connectivity index (χ3v) is 6.16. The molecule has 0 aliphatic carbocycles. The number of nitrogens with one attached hydrogen (secondary N) is 1. The maximum Gasteiger partial charge on any atom is 0.341 e. The van der Waals surface area contributed by atoms with Gasteiger partial charge in [-0.1, -0.05) is 42.5 Å². The van der Waals surface area contributed by atoms with Gasteiger partial charge in [0.15, 0.2) is 0 Å². The second kappa shape index (κ2) is 9.63. The summed E-state index contributed by atoms with van der Waals surface area (Å²) < 4.78 is 43.0. The highest BCUT2D eigenvalue weighted by atomic mass is 32.2. The lowest BCUT2D eigenvalue weighted by molar-refractivity contribution is 0.0597. The van der Waals surface area contributed by atoms with Crippen molar-refractivity contribution in [2.24, 2.45) is 0 Å². The molecular weight excluding hydrogens is 418 g/mol. The van der Waals surface area contributed by atoms with Crippen molar-refractivity contribution in [3.05, 3.63) is 77.9 Å². The van der Waals surface area contributed by atoms with E-state index < -0.39 is 16.0 Å². The van der Waals surface area contributed by atoms with E-state index in [1.54, 1.807) is 30.3 Å². The molecule has 3 rings (SSSR count). The summed E-state index contributed by atoms with van der Waals surface area (Å²) in [4.78, 5) is 12.1. The van der Waals surface area contributed by atoms with Crippen molar-refractivity contribution in [2.45, 2.75) is 11.4 Å². The first-order valence-electron chi connectivity index (χ1n) is 9.38. The molecule has 0 heterocycles. The molecule has 1 N–H and O–H groups in total. The van der Waals surface area contributed by atoms with E-state index in [4.69, 9.17) is 14.2 Å². The van der Waals surface area contributed by atoms with E-state index in [-0.39, 0.29) is 17.2 Å². The molecule has 31 heavy (non-hydrogen) atoms. The molecule has 0 radical (unpaired) electrons. The van der Waals surface area contributed by atoms with Crippen molar-refractivity contribution in [1.82, 2.24) is 4.72 Å². The molecule has 0 unspecified atom stereocenters. The summed E-state index contributed by atoms with van der Waals surface area (Å²) in [6.45, 7) is 0.122. The molecule has 0 aliphatic rings. The van der Waals surface area contributed by atoms with Gasteiger partial charge in [0.25, 0.3) is 0 Å². The fourth-order valence-corrected chi connectivity index (χ4v) is 4.26. The summed E-state index contributed by atoms with van der Waals surface area (Å²) in [5, 5.41) is 0. The first kappa shape index (κ1) is 22.3. The second-order valence-electron chi connectivity index (χ2n) is 6.58. The van der Waals surface area contributed by atoms with E-state index in [1.165, 1.54) is 27.4 Å². The van der Waals surface area contributed by atoms with Crippen LogP contribution >= 0.6 is 0 Å². The lowest BCUT2D eigenvalue weighted by Crippen LogP contribution is -2.23. The van der Waals surface area contributed by atoms with Gasteiger partial charge in [0, 0.05) is 6.54 Å². The molecular formula is C23H23NO6S. The molecule has 0 aromatic heterocycles. The van der Waals surface area contributed by atoms with Crippen molar-refractivity contribution in [1.29, 1.82) is 0 Å². The van der Waals surface area contributed by atoms with E-state index in [1.807, 2.05) is 30.3 Å². The maximum atomic E-state index is 12.6. The fourth-order valence-electron chi connectivity index (χ4n) is 3.07. The highest BCUT2D eigenvalue weighted by Gasteiger charge is 2.18. The van der Waals surface area contributed by atoms with Crippen molar-refractivity contribution in [3.63, 3.8) is 0 Å². The number of benzene rings is 3. The Morgan fingerprint density at radius 1 is 0.839 bits per heavy atom. The first-order chi connectivity index (χ1) is 14.9. The molecule has 7 nitrogen and oxygen atoms in total. The lowest BCUT2D eigenvalue weighted by Gasteiger charge is -2.11. The molecule has 3 aromatic rings. The highest BCUT2D eigenvalue weighted by Crippen LogP contribution is 2.28. The van der Waals surface area contributed by atoms with Gasteiger partial charge in [-0.3, -0.25) is 0 Å². The minimum Gasteiger partial charge on any atom is -0.496 e. The van der Waals surface area contributed by atoms with Crippen LogP contribution in [0.3, 0.4) is 0 Å². The smallest absolute Gasteiger partial charge is 0.341 e. The predicted molar refractivity (Wildman–Crippen MR) is 117 cm³/mol. The molecule has 3 aromatic carbocycles. The molecule has 0 bridgehead atoms. The molecule has 0 saturated carbocycles. The normalized spacial score (nSPS) is 11.1. The molecule has 0 aliphatic heterocycles. The average Bonchev–Trinajstić information content (AvgIpc) is 2.82. The Morgan fingerprint density at radius 3 is 2.13 bits per heavy atom. The van der Waals surface area contributed by atoms with Gasteiger partial charge in [-0.2, -0.15) is 0 Å². The zero-order valence-corrected chi connectivity index (χ0v) is 18.2. The fraction of sp³-hybridized carbons (Fsp3) is 0.174. The number of carbonyl (C=O) groups is 1. The summed E-state index contributed by atoms with van der Waals surface area (Å²) in [6.07, 6.45) is 0. The van der Waals surface area contributed by atoms with Crippen LogP contribution in [0.25, 0.3) is 11.1 Å². The zero-order chi connectivity index (χ0) is 22.4. The Bertz CT molecular complexity index is 1170. The van der Waals surface area contributed by atoms with Gasteiger partial charge in [0.2, 0.25) is 10.0 Å². The number of hydrogen-bond donors (Lipinski definition) is 1. The lowest BCUT2D eigenvalue weighted by atomic mass is 10.0. The molecule has 0 atom stereocenters. The zero-order valence-electron chi connectivity index (χ0n) is 17.4. The minimum atomic E-state index is -3.73. The van der Waals surface area contributed by atoms with E-state index in [0.29, 0.717) is 11.3 Å². The molecule has 0 amide bonds. The van der Waals surface area contributed by atoms with Crippen LogP contribution in [0.4, 0.5) is 0 Å². The van der Waals surface area contributed by atoms with Crippen molar-refractivity contribution >= 4 is 16.0 Å². The van der Waals surface area contributed by atoms with Crippen LogP contribution in [0.5, 0.6) is 11.5 Å². The first-order valence-corrected chi connectivity index (χ1v) is 10.9.